The van der Waals surface area contributed by atoms with Gasteiger partial charge in [-0.2, -0.15) is 4.98 Å². The van der Waals surface area contributed by atoms with Crippen LogP contribution in [0.5, 0.6) is 0 Å². The highest BCUT2D eigenvalue weighted by molar-refractivity contribution is 5.67. The van der Waals surface area contributed by atoms with Crippen molar-refractivity contribution in [3.05, 3.63) is 11.7 Å². The van der Waals surface area contributed by atoms with E-state index in [9.17, 15) is 4.79 Å². The van der Waals surface area contributed by atoms with Gasteiger partial charge in [-0.25, -0.2) is 0 Å². The molecule has 1 aliphatic rings. The summed E-state index contributed by atoms with van der Waals surface area (Å²) in [6, 6.07) is 0. The Hall–Kier alpha value is -1.39. The molecule has 1 aliphatic carbocycles. The number of carbonyl (C=O) groups is 1. The van der Waals surface area contributed by atoms with Crippen LogP contribution in [0, 0.1) is 12.8 Å². The molecule has 0 amide bonds. The van der Waals surface area contributed by atoms with E-state index in [0.29, 0.717) is 11.7 Å². The predicted octanol–water partition coefficient (Wildman–Crippen LogP) is 3.69. The largest absolute Gasteiger partial charge is 0.481 e. The second-order valence-corrected chi connectivity index (χ2v) is 5.91. The van der Waals surface area contributed by atoms with E-state index in [1.807, 2.05) is 0 Å². The van der Waals surface area contributed by atoms with Crippen molar-refractivity contribution in [1.29, 1.82) is 0 Å². The smallest absolute Gasteiger partial charge is 0.304 e. The highest BCUT2D eigenvalue weighted by Gasteiger charge is 2.22. The first kappa shape index (κ1) is 15.0. The SMILES string of the molecule is Cc1noc([C@H](CCCC2CCCCC2)CC(=O)O)n1. The number of aliphatic carboxylic acids is 1. The van der Waals surface area contributed by atoms with E-state index in [1.165, 1.54) is 38.5 Å². The maximum Gasteiger partial charge on any atom is 0.304 e. The molecule has 1 N–H and O–H groups in total. The van der Waals surface area contributed by atoms with Crippen molar-refractivity contribution in [3.63, 3.8) is 0 Å². The van der Waals surface area contributed by atoms with E-state index < -0.39 is 5.97 Å². The minimum absolute atomic E-state index is 0.0757. The van der Waals surface area contributed by atoms with Crippen molar-refractivity contribution in [2.45, 2.75) is 70.6 Å². The Balaban J connectivity index is 1.82. The topological polar surface area (TPSA) is 76.2 Å². The Bertz CT molecular complexity index is 425. The lowest BCUT2D eigenvalue weighted by Gasteiger charge is -2.21. The summed E-state index contributed by atoms with van der Waals surface area (Å²) < 4.78 is 5.15. The van der Waals surface area contributed by atoms with E-state index in [1.54, 1.807) is 6.92 Å². The molecule has 112 valence electrons. The Labute approximate surface area is 119 Å². The highest BCUT2D eigenvalue weighted by atomic mass is 16.5. The van der Waals surface area contributed by atoms with Gasteiger partial charge in [0.2, 0.25) is 5.89 Å². The van der Waals surface area contributed by atoms with Gasteiger partial charge in [0.05, 0.1) is 6.42 Å². The Morgan fingerprint density at radius 3 is 2.75 bits per heavy atom. The summed E-state index contributed by atoms with van der Waals surface area (Å²) in [6.07, 6.45) is 9.90. The molecule has 0 unspecified atom stereocenters. The number of hydrogen-bond donors (Lipinski definition) is 1. The molecule has 0 aliphatic heterocycles. The number of rotatable bonds is 7. The van der Waals surface area contributed by atoms with Gasteiger partial charge in [0.25, 0.3) is 0 Å². The van der Waals surface area contributed by atoms with Gasteiger partial charge in [-0.1, -0.05) is 50.1 Å². The molecule has 5 heteroatoms. The molecule has 0 saturated heterocycles. The van der Waals surface area contributed by atoms with E-state index in [0.717, 1.165) is 18.8 Å². The average molecular weight is 280 g/mol. The highest BCUT2D eigenvalue weighted by Crippen LogP contribution is 2.30. The zero-order valence-electron chi connectivity index (χ0n) is 12.2. The number of nitrogens with zero attached hydrogens (tertiary/aromatic N) is 2. The molecule has 2 rings (SSSR count). The third-order valence-electron chi connectivity index (χ3n) is 4.20. The van der Waals surface area contributed by atoms with Crippen LogP contribution >= 0.6 is 0 Å². The van der Waals surface area contributed by atoms with Crippen molar-refractivity contribution < 1.29 is 14.4 Å². The van der Waals surface area contributed by atoms with Crippen molar-refractivity contribution in [2.24, 2.45) is 5.92 Å². The molecule has 0 bridgehead atoms. The van der Waals surface area contributed by atoms with E-state index >= 15 is 0 Å². The van der Waals surface area contributed by atoms with Crippen LogP contribution in [0.15, 0.2) is 4.52 Å². The van der Waals surface area contributed by atoms with Gasteiger partial charge in [0.1, 0.15) is 0 Å². The van der Waals surface area contributed by atoms with Gasteiger partial charge >= 0.3 is 5.97 Å². The van der Waals surface area contributed by atoms with Crippen LogP contribution in [0.4, 0.5) is 0 Å². The van der Waals surface area contributed by atoms with Crippen LogP contribution < -0.4 is 0 Å². The first-order valence-corrected chi connectivity index (χ1v) is 7.67. The minimum atomic E-state index is -0.802. The predicted molar refractivity (Wildman–Crippen MR) is 74.5 cm³/mol. The van der Waals surface area contributed by atoms with Gasteiger partial charge in [-0.15, -0.1) is 0 Å². The standard InChI is InChI=1S/C15H24N2O3/c1-11-16-15(20-17-11)13(10-14(18)19)9-5-8-12-6-3-2-4-7-12/h12-13H,2-10H2,1H3,(H,18,19)/t13-/m1/s1. The number of aromatic nitrogens is 2. The quantitative estimate of drug-likeness (QED) is 0.824. The number of carboxylic acids is 1. The fourth-order valence-corrected chi connectivity index (χ4v) is 3.13. The van der Waals surface area contributed by atoms with Crippen LogP contribution in [0.1, 0.15) is 75.4 Å². The van der Waals surface area contributed by atoms with Crippen molar-refractivity contribution in [1.82, 2.24) is 10.1 Å². The summed E-state index contributed by atoms with van der Waals surface area (Å²) in [5.41, 5.74) is 0. The Morgan fingerprint density at radius 1 is 1.40 bits per heavy atom. The third-order valence-corrected chi connectivity index (χ3v) is 4.20. The van der Waals surface area contributed by atoms with Crippen LogP contribution in [0.25, 0.3) is 0 Å². The van der Waals surface area contributed by atoms with Gasteiger partial charge in [-0.05, 0) is 19.3 Å². The summed E-state index contributed by atoms with van der Waals surface area (Å²) in [5, 5.41) is 12.8. The van der Waals surface area contributed by atoms with E-state index in [2.05, 4.69) is 10.1 Å². The second-order valence-electron chi connectivity index (χ2n) is 5.91. The van der Waals surface area contributed by atoms with Crippen LogP contribution in [0.3, 0.4) is 0 Å². The van der Waals surface area contributed by atoms with Crippen LogP contribution in [-0.4, -0.2) is 21.2 Å². The van der Waals surface area contributed by atoms with Gasteiger partial charge in [0.15, 0.2) is 5.82 Å². The van der Waals surface area contributed by atoms with Crippen molar-refractivity contribution >= 4 is 5.97 Å². The molecule has 1 fully saturated rings. The van der Waals surface area contributed by atoms with E-state index in [-0.39, 0.29) is 12.3 Å². The van der Waals surface area contributed by atoms with Crippen LogP contribution in [0.2, 0.25) is 0 Å². The molecule has 1 aromatic rings. The molecule has 1 aromatic heterocycles. The zero-order valence-corrected chi connectivity index (χ0v) is 12.2. The summed E-state index contributed by atoms with van der Waals surface area (Å²) in [7, 11) is 0. The molecule has 0 radical (unpaired) electrons. The number of aryl methyl sites for hydroxylation is 1. The molecule has 1 atom stereocenters. The zero-order chi connectivity index (χ0) is 14.4. The lowest BCUT2D eigenvalue weighted by Crippen LogP contribution is -2.09. The monoisotopic (exact) mass is 280 g/mol. The second kappa shape index (κ2) is 7.41. The molecule has 1 heterocycles. The van der Waals surface area contributed by atoms with E-state index in [4.69, 9.17) is 9.63 Å². The first-order chi connectivity index (χ1) is 9.65. The minimum Gasteiger partial charge on any atom is -0.481 e. The van der Waals surface area contributed by atoms with Gasteiger partial charge in [-0.3, -0.25) is 4.79 Å². The molecule has 5 nitrogen and oxygen atoms in total. The van der Waals surface area contributed by atoms with Gasteiger partial charge in [0, 0.05) is 5.92 Å². The Morgan fingerprint density at radius 2 is 2.15 bits per heavy atom. The maximum atomic E-state index is 11.0. The molecular formula is C15H24N2O3. The number of carboxylic acid groups (broad SMARTS) is 1. The summed E-state index contributed by atoms with van der Waals surface area (Å²) in [5.74, 6) is 0.940. The fourth-order valence-electron chi connectivity index (χ4n) is 3.13. The Kier molecular flexibility index (Phi) is 5.56. The molecular weight excluding hydrogens is 256 g/mol. The van der Waals surface area contributed by atoms with Gasteiger partial charge < -0.3 is 9.63 Å². The summed E-state index contributed by atoms with van der Waals surface area (Å²) in [6.45, 7) is 1.76. The fraction of sp³-hybridized carbons (Fsp3) is 0.800. The first-order valence-electron chi connectivity index (χ1n) is 7.67. The van der Waals surface area contributed by atoms with Crippen molar-refractivity contribution in [2.75, 3.05) is 0 Å². The lowest BCUT2D eigenvalue weighted by molar-refractivity contribution is -0.137. The van der Waals surface area contributed by atoms with Crippen molar-refractivity contribution in [3.8, 4) is 0 Å². The summed E-state index contributed by atoms with van der Waals surface area (Å²) in [4.78, 5) is 15.2. The molecule has 0 spiro atoms. The molecule has 1 saturated carbocycles. The molecule has 20 heavy (non-hydrogen) atoms. The maximum absolute atomic E-state index is 11.0. The number of hydrogen-bond acceptors (Lipinski definition) is 4. The van der Waals surface area contributed by atoms with Crippen LogP contribution in [-0.2, 0) is 4.79 Å². The molecule has 0 aromatic carbocycles. The third kappa shape index (κ3) is 4.62. The average Bonchev–Trinajstić information content (AvgIpc) is 2.85. The normalized spacial score (nSPS) is 18.1. The summed E-state index contributed by atoms with van der Waals surface area (Å²) >= 11 is 0. The lowest BCUT2D eigenvalue weighted by atomic mass is 9.84.